The molecule has 2 fully saturated rings. The van der Waals surface area contributed by atoms with E-state index in [1.54, 1.807) is 0 Å². The molecule has 0 radical (unpaired) electrons. The van der Waals surface area contributed by atoms with Crippen LogP contribution in [0, 0.1) is 11.3 Å². The van der Waals surface area contributed by atoms with Crippen molar-refractivity contribution in [2.45, 2.75) is 65.2 Å². The molecule has 2 unspecified atom stereocenters. The molecule has 0 amide bonds. The van der Waals surface area contributed by atoms with Gasteiger partial charge >= 0.3 is 0 Å². The van der Waals surface area contributed by atoms with Crippen LogP contribution in [0.15, 0.2) is 6.20 Å². The number of thiazole rings is 1. The highest BCUT2D eigenvalue weighted by molar-refractivity contribution is 7.11. The fraction of sp³-hybridized carbons (Fsp3) is 0.833. The van der Waals surface area contributed by atoms with Crippen molar-refractivity contribution >= 4 is 11.3 Å². The van der Waals surface area contributed by atoms with Crippen LogP contribution in [-0.4, -0.2) is 46.9 Å². The average Bonchev–Trinajstić information content (AvgIpc) is 2.94. The van der Waals surface area contributed by atoms with Gasteiger partial charge in [-0.05, 0) is 38.8 Å². The molecule has 1 aromatic heterocycles. The second kappa shape index (κ2) is 7.18. The SMILES string of the molecule is CCOC1CC(O)C12CCN(Cc1cnc(CC(C)C)s1)CC2. The largest absolute Gasteiger partial charge is 0.392 e. The molecule has 130 valence electrons. The van der Waals surface area contributed by atoms with Gasteiger partial charge in [-0.1, -0.05) is 13.8 Å². The zero-order chi connectivity index (χ0) is 16.4. The van der Waals surface area contributed by atoms with E-state index in [9.17, 15) is 5.11 Å². The van der Waals surface area contributed by atoms with Crippen molar-refractivity contribution in [1.29, 1.82) is 0 Å². The molecule has 1 spiro atoms. The average molecular weight is 339 g/mol. The van der Waals surface area contributed by atoms with E-state index in [0.29, 0.717) is 5.92 Å². The van der Waals surface area contributed by atoms with Gasteiger partial charge in [0.05, 0.1) is 17.2 Å². The van der Waals surface area contributed by atoms with Crippen molar-refractivity contribution in [1.82, 2.24) is 9.88 Å². The van der Waals surface area contributed by atoms with Gasteiger partial charge in [-0.15, -0.1) is 11.3 Å². The second-order valence-corrected chi connectivity index (χ2v) is 8.72. The minimum absolute atomic E-state index is 0.0308. The van der Waals surface area contributed by atoms with Crippen LogP contribution in [-0.2, 0) is 17.7 Å². The van der Waals surface area contributed by atoms with E-state index in [0.717, 1.165) is 51.9 Å². The molecule has 2 aliphatic rings. The van der Waals surface area contributed by atoms with E-state index in [-0.39, 0.29) is 17.6 Å². The Morgan fingerprint density at radius 3 is 2.78 bits per heavy atom. The maximum absolute atomic E-state index is 10.3. The van der Waals surface area contributed by atoms with Crippen LogP contribution in [0.5, 0.6) is 0 Å². The molecule has 5 heteroatoms. The minimum Gasteiger partial charge on any atom is -0.392 e. The maximum atomic E-state index is 10.3. The van der Waals surface area contributed by atoms with Crippen molar-refractivity contribution in [3.05, 3.63) is 16.1 Å². The molecule has 1 saturated carbocycles. The first kappa shape index (κ1) is 17.3. The van der Waals surface area contributed by atoms with Crippen LogP contribution in [0.25, 0.3) is 0 Å². The van der Waals surface area contributed by atoms with E-state index in [4.69, 9.17) is 4.74 Å². The third kappa shape index (κ3) is 3.63. The Kier molecular flexibility index (Phi) is 5.41. The molecule has 4 nitrogen and oxygen atoms in total. The summed E-state index contributed by atoms with van der Waals surface area (Å²) in [7, 11) is 0. The Balaban J connectivity index is 1.52. The number of piperidine rings is 1. The van der Waals surface area contributed by atoms with E-state index in [2.05, 4.69) is 23.7 Å². The van der Waals surface area contributed by atoms with Gasteiger partial charge in [-0.2, -0.15) is 0 Å². The zero-order valence-corrected chi connectivity index (χ0v) is 15.4. The summed E-state index contributed by atoms with van der Waals surface area (Å²) < 4.78 is 5.85. The van der Waals surface area contributed by atoms with Gasteiger partial charge in [0, 0.05) is 42.5 Å². The van der Waals surface area contributed by atoms with Crippen LogP contribution in [0.2, 0.25) is 0 Å². The number of nitrogens with zero attached hydrogens (tertiary/aromatic N) is 2. The third-order valence-corrected chi connectivity index (χ3v) is 6.47. The molecular weight excluding hydrogens is 308 g/mol. The molecule has 1 aliphatic carbocycles. The highest BCUT2D eigenvalue weighted by Crippen LogP contribution is 2.51. The third-order valence-electron chi connectivity index (χ3n) is 5.46. The standard InChI is InChI=1S/C18H30N2O2S/c1-4-22-16-10-15(21)18(16)5-7-20(8-6-18)12-14-11-19-17(23-14)9-13(2)3/h11,13,15-16,21H,4-10,12H2,1-3H3. The van der Waals surface area contributed by atoms with Crippen LogP contribution in [0.3, 0.4) is 0 Å². The lowest BCUT2D eigenvalue weighted by molar-refractivity contribution is -0.209. The number of likely N-dealkylation sites (tertiary alicyclic amines) is 1. The topological polar surface area (TPSA) is 45.6 Å². The van der Waals surface area contributed by atoms with Gasteiger partial charge in [0.1, 0.15) is 0 Å². The number of aliphatic hydroxyl groups excluding tert-OH is 1. The molecule has 2 atom stereocenters. The van der Waals surface area contributed by atoms with Crippen molar-refractivity contribution in [2.24, 2.45) is 11.3 Å². The molecule has 1 aromatic rings. The summed E-state index contributed by atoms with van der Waals surface area (Å²) in [6, 6.07) is 0. The fourth-order valence-electron chi connectivity index (χ4n) is 4.03. The Hall–Kier alpha value is -0.490. The summed E-state index contributed by atoms with van der Waals surface area (Å²) in [4.78, 5) is 8.43. The number of ether oxygens (including phenoxy) is 1. The summed E-state index contributed by atoms with van der Waals surface area (Å²) in [6.07, 6.45) is 6.16. The molecule has 1 N–H and O–H groups in total. The van der Waals surface area contributed by atoms with Crippen molar-refractivity contribution in [3.63, 3.8) is 0 Å². The van der Waals surface area contributed by atoms with Crippen molar-refractivity contribution in [2.75, 3.05) is 19.7 Å². The zero-order valence-electron chi connectivity index (χ0n) is 14.6. The summed E-state index contributed by atoms with van der Waals surface area (Å²) in [5.74, 6) is 0.666. The molecule has 1 aliphatic heterocycles. The Morgan fingerprint density at radius 1 is 1.43 bits per heavy atom. The van der Waals surface area contributed by atoms with E-state index < -0.39 is 0 Å². The maximum Gasteiger partial charge on any atom is 0.0930 e. The molecule has 0 aromatic carbocycles. The summed E-state index contributed by atoms with van der Waals surface area (Å²) in [6.45, 7) is 10.4. The highest BCUT2D eigenvalue weighted by Gasteiger charge is 2.55. The van der Waals surface area contributed by atoms with Crippen LogP contribution >= 0.6 is 11.3 Å². The second-order valence-electron chi connectivity index (χ2n) is 7.52. The highest BCUT2D eigenvalue weighted by atomic mass is 32.1. The number of rotatable bonds is 6. The van der Waals surface area contributed by atoms with Crippen molar-refractivity contribution in [3.8, 4) is 0 Å². The number of hydrogen-bond donors (Lipinski definition) is 1. The summed E-state index contributed by atoms with van der Waals surface area (Å²) in [5.41, 5.74) is 0.0308. The molecular formula is C18H30N2O2S. The van der Waals surface area contributed by atoms with Gasteiger partial charge in [0.25, 0.3) is 0 Å². The van der Waals surface area contributed by atoms with Crippen LogP contribution in [0.1, 0.15) is 49.9 Å². The molecule has 3 rings (SSSR count). The summed E-state index contributed by atoms with van der Waals surface area (Å²) >= 11 is 1.86. The summed E-state index contributed by atoms with van der Waals surface area (Å²) in [5, 5.41) is 11.5. The van der Waals surface area contributed by atoms with Crippen molar-refractivity contribution < 1.29 is 9.84 Å². The van der Waals surface area contributed by atoms with Gasteiger partial charge < -0.3 is 9.84 Å². The lowest BCUT2D eigenvalue weighted by Gasteiger charge is -2.56. The molecule has 1 saturated heterocycles. The Bertz CT molecular complexity index is 507. The first-order valence-corrected chi connectivity index (χ1v) is 9.80. The van der Waals surface area contributed by atoms with E-state index >= 15 is 0 Å². The van der Waals surface area contributed by atoms with Gasteiger partial charge in [0.2, 0.25) is 0 Å². The van der Waals surface area contributed by atoms with Gasteiger partial charge in [0.15, 0.2) is 0 Å². The normalized spacial score (nSPS) is 27.5. The lowest BCUT2D eigenvalue weighted by Crippen LogP contribution is -2.62. The Labute approximate surface area is 143 Å². The quantitative estimate of drug-likeness (QED) is 0.866. The smallest absolute Gasteiger partial charge is 0.0930 e. The number of aromatic nitrogens is 1. The van der Waals surface area contributed by atoms with Gasteiger partial charge in [-0.3, -0.25) is 4.90 Å². The van der Waals surface area contributed by atoms with E-state index in [1.807, 2.05) is 24.5 Å². The fourth-order valence-corrected chi connectivity index (χ4v) is 5.21. The minimum atomic E-state index is -0.165. The predicted molar refractivity (Wildman–Crippen MR) is 93.6 cm³/mol. The molecule has 0 bridgehead atoms. The first-order chi connectivity index (χ1) is 11.0. The predicted octanol–water partition coefficient (Wildman–Crippen LogP) is 3.09. The molecule has 2 heterocycles. The lowest BCUT2D eigenvalue weighted by atomic mass is 9.58. The van der Waals surface area contributed by atoms with Gasteiger partial charge in [-0.25, -0.2) is 4.98 Å². The van der Waals surface area contributed by atoms with E-state index in [1.165, 1.54) is 9.88 Å². The Morgan fingerprint density at radius 2 is 2.17 bits per heavy atom. The number of aliphatic hydroxyl groups is 1. The first-order valence-electron chi connectivity index (χ1n) is 8.99. The molecule has 23 heavy (non-hydrogen) atoms. The number of hydrogen-bond acceptors (Lipinski definition) is 5. The van der Waals surface area contributed by atoms with Crippen LogP contribution in [0.4, 0.5) is 0 Å². The van der Waals surface area contributed by atoms with Crippen LogP contribution < -0.4 is 0 Å². The monoisotopic (exact) mass is 338 g/mol.